The van der Waals surface area contributed by atoms with Gasteiger partial charge in [-0.05, 0) is 36.2 Å². The molecule has 0 saturated carbocycles. The van der Waals surface area contributed by atoms with Gasteiger partial charge in [-0.15, -0.1) is 0 Å². The van der Waals surface area contributed by atoms with Crippen LogP contribution in [0.1, 0.15) is 41.5 Å². The summed E-state index contributed by atoms with van der Waals surface area (Å²) in [5, 5.41) is 12.1. The van der Waals surface area contributed by atoms with Gasteiger partial charge in [-0.25, -0.2) is 4.79 Å². The molecule has 2 aromatic carbocycles. The monoisotopic (exact) mass is 455 g/mol. The maximum atomic E-state index is 12.8. The van der Waals surface area contributed by atoms with Gasteiger partial charge in [0.25, 0.3) is 8.32 Å². The minimum absolute atomic E-state index is 0.0132. The van der Waals surface area contributed by atoms with Crippen LogP contribution in [0.25, 0.3) is 0 Å². The highest BCUT2D eigenvalue weighted by molar-refractivity contribution is 6.99. The largest absolute Gasteiger partial charge is 0.444 e. The lowest BCUT2D eigenvalue weighted by molar-refractivity contribution is -0.0566. The van der Waals surface area contributed by atoms with E-state index in [-0.39, 0.29) is 29.7 Å². The van der Waals surface area contributed by atoms with Crippen molar-refractivity contribution in [2.45, 2.75) is 58.2 Å². The van der Waals surface area contributed by atoms with Gasteiger partial charge in [0.05, 0.1) is 12.6 Å². The third-order valence-electron chi connectivity index (χ3n) is 6.13. The predicted octanol–water partition coefficient (Wildman–Crippen LogP) is 3.79. The van der Waals surface area contributed by atoms with E-state index in [2.05, 4.69) is 69.3 Å². The van der Waals surface area contributed by atoms with Crippen molar-refractivity contribution in [3.63, 3.8) is 0 Å². The molecule has 174 valence electrons. The highest BCUT2D eigenvalue weighted by Gasteiger charge is 2.52. The summed E-state index contributed by atoms with van der Waals surface area (Å²) in [5.74, 6) is -0.0132. The van der Waals surface area contributed by atoms with Crippen LogP contribution >= 0.6 is 0 Å². The molecule has 2 aromatic rings. The van der Waals surface area contributed by atoms with Crippen molar-refractivity contribution in [1.29, 1.82) is 0 Å². The van der Waals surface area contributed by atoms with Gasteiger partial charge >= 0.3 is 6.09 Å². The van der Waals surface area contributed by atoms with Crippen molar-refractivity contribution in [3.05, 3.63) is 60.7 Å². The van der Waals surface area contributed by atoms with Crippen molar-refractivity contribution in [1.82, 2.24) is 4.90 Å². The third-order valence-corrected chi connectivity index (χ3v) is 11.1. The SMILES string of the molecule is CC(C)(C)OC(=O)N1CC(CO)C1CO[Si](c1ccccc1)(c1ccccc1)C(C)(C)C. The summed E-state index contributed by atoms with van der Waals surface area (Å²) < 4.78 is 12.6. The van der Waals surface area contributed by atoms with Crippen molar-refractivity contribution in [2.75, 3.05) is 19.8 Å². The van der Waals surface area contributed by atoms with Crippen molar-refractivity contribution in [2.24, 2.45) is 5.92 Å². The fraction of sp³-hybridized carbons (Fsp3) is 0.500. The van der Waals surface area contributed by atoms with E-state index in [0.29, 0.717) is 13.2 Å². The Bertz CT molecular complexity index is 850. The predicted molar refractivity (Wildman–Crippen MR) is 131 cm³/mol. The fourth-order valence-electron chi connectivity index (χ4n) is 4.53. The first-order valence-corrected chi connectivity index (χ1v) is 13.3. The summed E-state index contributed by atoms with van der Waals surface area (Å²) >= 11 is 0. The zero-order valence-corrected chi connectivity index (χ0v) is 21.2. The van der Waals surface area contributed by atoms with E-state index in [9.17, 15) is 9.90 Å². The average Bonchev–Trinajstić information content (AvgIpc) is 2.70. The van der Waals surface area contributed by atoms with Gasteiger partial charge in [-0.1, -0.05) is 81.4 Å². The molecule has 0 aliphatic carbocycles. The van der Waals surface area contributed by atoms with Gasteiger partial charge in [0.2, 0.25) is 0 Å². The molecule has 3 rings (SSSR count). The minimum Gasteiger partial charge on any atom is -0.444 e. The maximum Gasteiger partial charge on any atom is 0.410 e. The summed E-state index contributed by atoms with van der Waals surface area (Å²) in [7, 11) is -2.71. The number of rotatable bonds is 6. The first-order chi connectivity index (χ1) is 15.0. The van der Waals surface area contributed by atoms with E-state index in [1.54, 1.807) is 4.90 Å². The molecule has 1 saturated heterocycles. The molecule has 32 heavy (non-hydrogen) atoms. The number of likely N-dealkylation sites (tertiary alicyclic amines) is 1. The summed E-state index contributed by atoms with van der Waals surface area (Å²) in [6, 6.07) is 20.7. The molecule has 1 N–H and O–H groups in total. The third kappa shape index (κ3) is 4.92. The Morgan fingerprint density at radius 2 is 1.47 bits per heavy atom. The van der Waals surface area contributed by atoms with Crippen LogP contribution in [0.2, 0.25) is 5.04 Å². The zero-order valence-electron chi connectivity index (χ0n) is 20.2. The van der Waals surface area contributed by atoms with Crippen molar-refractivity contribution in [3.8, 4) is 0 Å². The second-order valence-electron chi connectivity index (χ2n) is 10.6. The van der Waals surface area contributed by atoms with Gasteiger partial charge in [0.1, 0.15) is 5.60 Å². The maximum absolute atomic E-state index is 12.8. The highest BCUT2D eigenvalue weighted by Crippen LogP contribution is 2.38. The van der Waals surface area contributed by atoms with Gasteiger partial charge in [-0.2, -0.15) is 0 Å². The van der Waals surface area contributed by atoms with Gasteiger partial charge in [0.15, 0.2) is 0 Å². The number of amides is 1. The Kier molecular flexibility index (Phi) is 7.17. The molecule has 0 radical (unpaired) electrons. The second-order valence-corrected chi connectivity index (χ2v) is 14.9. The van der Waals surface area contributed by atoms with Crippen LogP contribution in [0.4, 0.5) is 4.79 Å². The number of hydrogen-bond acceptors (Lipinski definition) is 4. The molecular weight excluding hydrogens is 418 g/mol. The number of aliphatic hydroxyl groups excluding tert-OH is 1. The number of hydrogen-bond donors (Lipinski definition) is 1. The molecule has 5 nitrogen and oxygen atoms in total. The summed E-state index contributed by atoms with van der Waals surface area (Å²) in [6.45, 7) is 13.2. The van der Waals surface area contributed by atoms with E-state index in [0.717, 1.165) is 0 Å². The molecule has 0 spiro atoms. The lowest BCUT2D eigenvalue weighted by Crippen LogP contribution is -2.69. The summed E-state index contributed by atoms with van der Waals surface area (Å²) in [5.41, 5.74) is -0.565. The first kappa shape index (κ1) is 24.5. The number of nitrogens with zero attached hydrogens (tertiary/aromatic N) is 1. The van der Waals surface area contributed by atoms with Crippen LogP contribution in [0, 0.1) is 5.92 Å². The fourth-order valence-corrected chi connectivity index (χ4v) is 9.11. The standard InChI is InChI=1S/C26H37NO4Si/c1-25(2,3)31-24(29)27-17-20(18-28)23(27)19-30-32(26(4,5)6,21-13-9-7-10-14-21)22-15-11-8-12-16-22/h7-16,20,23,28H,17-19H2,1-6H3. The van der Waals surface area contributed by atoms with Crippen LogP contribution < -0.4 is 10.4 Å². The van der Waals surface area contributed by atoms with Crippen LogP contribution in [0.15, 0.2) is 60.7 Å². The Labute approximate surface area is 193 Å². The van der Waals surface area contributed by atoms with E-state index < -0.39 is 13.9 Å². The topological polar surface area (TPSA) is 59.0 Å². The number of ether oxygens (including phenoxy) is 1. The van der Waals surface area contributed by atoms with Crippen LogP contribution in [0.5, 0.6) is 0 Å². The minimum atomic E-state index is -2.71. The molecule has 0 aromatic heterocycles. The zero-order chi connectivity index (χ0) is 23.6. The highest BCUT2D eigenvalue weighted by atomic mass is 28.4. The van der Waals surface area contributed by atoms with E-state index in [1.807, 2.05) is 32.9 Å². The molecule has 1 amide bonds. The summed E-state index contributed by atoms with van der Waals surface area (Å²) in [6.07, 6.45) is -0.349. The van der Waals surface area contributed by atoms with Crippen LogP contribution in [0.3, 0.4) is 0 Å². The van der Waals surface area contributed by atoms with Crippen LogP contribution in [-0.2, 0) is 9.16 Å². The molecule has 1 heterocycles. The molecule has 2 unspecified atom stereocenters. The molecular formula is C26H37NO4Si. The Balaban J connectivity index is 1.96. The van der Waals surface area contributed by atoms with Crippen LogP contribution in [-0.4, -0.2) is 55.8 Å². The van der Waals surface area contributed by atoms with E-state index >= 15 is 0 Å². The smallest absolute Gasteiger partial charge is 0.410 e. The summed E-state index contributed by atoms with van der Waals surface area (Å²) in [4.78, 5) is 14.5. The Morgan fingerprint density at radius 3 is 1.88 bits per heavy atom. The number of benzene rings is 2. The quantitative estimate of drug-likeness (QED) is 0.674. The molecule has 0 bridgehead atoms. The molecule has 2 atom stereocenters. The molecule has 1 fully saturated rings. The number of carbonyl (C=O) groups is 1. The second kappa shape index (κ2) is 9.38. The number of carbonyl (C=O) groups excluding carboxylic acids is 1. The van der Waals surface area contributed by atoms with Crippen molar-refractivity contribution < 1.29 is 19.1 Å². The lowest BCUT2D eigenvalue weighted by Gasteiger charge is -2.50. The van der Waals surface area contributed by atoms with Gasteiger partial charge in [-0.3, -0.25) is 0 Å². The van der Waals surface area contributed by atoms with E-state index in [4.69, 9.17) is 9.16 Å². The van der Waals surface area contributed by atoms with Crippen molar-refractivity contribution >= 4 is 24.8 Å². The van der Waals surface area contributed by atoms with Gasteiger partial charge in [0, 0.05) is 19.1 Å². The molecule has 1 aliphatic heterocycles. The van der Waals surface area contributed by atoms with Gasteiger partial charge < -0.3 is 19.2 Å². The average molecular weight is 456 g/mol. The molecule has 6 heteroatoms. The molecule has 1 aliphatic rings. The first-order valence-electron chi connectivity index (χ1n) is 11.3. The number of aliphatic hydroxyl groups is 1. The Hall–Kier alpha value is -2.15. The lowest BCUT2D eigenvalue weighted by atomic mass is 9.90. The van der Waals surface area contributed by atoms with E-state index in [1.165, 1.54) is 10.4 Å². The normalized spacial score (nSPS) is 19.4. The Morgan fingerprint density at radius 1 is 0.969 bits per heavy atom.